The molecule has 17 heavy (non-hydrogen) atoms. The molecule has 0 saturated carbocycles. The lowest BCUT2D eigenvalue weighted by Gasteiger charge is -2.27. The largest absolute Gasteiger partial charge is 0.508 e. The SMILES string of the molecule is NC(=NCc1cccc(O)c1)N1CCOCC1. The van der Waals surface area contributed by atoms with Gasteiger partial charge in [0.15, 0.2) is 5.96 Å². The smallest absolute Gasteiger partial charge is 0.191 e. The number of nitrogens with zero attached hydrogens (tertiary/aromatic N) is 2. The summed E-state index contributed by atoms with van der Waals surface area (Å²) in [5.74, 6) is 0.791. The van der Waals surface area contributed by atoms with E-state index in [1.807, 2.05) is 11.0 Å². The van der Waals surface area contributed by atoms with Crippen LogP contribution in [0.15, 0.2) is 29.3 Å². The molecule has 5 heteroatoms. The van der Waals surface area contributed by atoms with Crippen molar-refractivity contribution in [2.45, 2.75) is 6.54 Å². The number of hydrogen-bond acceptors (Lipinski definition) is 3. The van der Waals surface area contributed by atoms with Gasteiger partial charge in [0.05, 0.1) is 19.8 Å². The first-order valence-corrected chi connectivity index (χ1v) is 5.66. The predicted molar refractivity (Wildman–Crippen MR) is 65.8 cm³/mol. The maximum atomic E-state index is 9.32. The fourth-order valence-electron chi connectivity index (χ4n) is 1.72. The summed E-state index contributed by atoms with van der Waals surface area (Å²) < 4.78 is 5.24. The molecule has 0 aliphatic carbocycles. The van der Waals surface area contributed by atoms with E-state index in [4.69, 9.17) is 10.5 Å². The fraction of sp³-hybridized carbons (Fsp3) is 0.417. The number of guanidine groups is 1. The van der Waals surface area contributed by atoms with Crippen molar-refractivity contribution in [3.8, 4) is 5.75 Å². The summed E-state index contributed by atoms with van der Waals surface area (Å²) >= 11 is 0. The number of nitrogens with two attached hydrogens (primary N) is 1. The van der Waals surface area contributed by atoms with Crippen LogP contribution in [0, 0.1) is 0 Å². The molecular weight excluding hydrogens is 218 g/mol. The number of ether oxygens (including phenoxy) is 1. The normalized spacial score (nSPS) is 17.2. The summed E-state index contributed by atoms with van der Waals surface area (Å²) in [6.07, 6.45) is 0. The van der Waals surface area contributed by atoms with Crippen LogP contribution in [0.1, 0.15) is 5.56 Å². The first-order chi connectivity index (χ1) is 8.25. The minimum atomic E-state index is 0.252. The minimum Gasteiger partial charge on any atom is -0.508 e. The fourth-order valence-corrected chi connectivity index (χ4v) is 1.72. The van der Waals surface area contributed by atoms with Gasteiger partial charge in [-0.25, -0.2) is 4.99 Å². The van der Waals surface area contributed by atoms with E-state index in [-0.39, 0.29) is 5.75 Å². The van der Waals surface area contributed by atoms with Crippen LogP contribution >= 0.6 is 0 Å². The van der Waals surface area contributed by atoms with Gasteiger partial charge in [-0.2, -0.15) is 0 Å². The summed E-state index contributed by atoms with van der Waals surface area (Å²) in [5.41, 5.74) is 6.84. The van der Waals surface area contributed by atoms with Gasteiger partial charge in [-0.05, 0) is 17.7 Å². The number of morpholine rings is 1. The van der Waals surface area contributed by atoms with E-state index in [9.17, 15) is 5.11 Å². The van der Waals surface area contributed by atoms with Gasteiger partial charge in [-0.15, -0.1) is 0 Å². The van der Waals surface area contributed by atoms with Crippen LogP contribution in [-0.2, 0) is 11.3 Å². The Morgan fingerprint density at radius 1 is 1.41 bits per heavy atom. The molecule has 0 radical (unpaired) electrons. The maximum Gasteiger partial charge on any atom is 0.191 e. The standard InChI is InChI=1S/C12H17N3O2/c13-12(15-4-6-17-7-5-15)14-9-10-2-1-3-11(16)8-10/h1-3,8,16H,4-7,9H2,(H2,13,14). The molecule has 1 aromatic carbocycles. The van der Waals surface area contributed by atoms with Gasteiger partial charge in [-0.1, -0.05) is 12.1 Å². The Labute approximate surface area is 101 Å². The highest BCUT2D eigenvalue weighted by atomic mass is 16.5. The van der Waals surface area contributed by atoms with Crippen LogP contribution in [0.2, 0.25) is 0 Å². The molecule has 92 valence electrons. The molecular formula is C12H17N3O2. The summed E-state index contributed by atoms with van der Waals surface area (Å²) in [5, 5.41) is 9.32. The summed E-state index contributed by atoms with van der Waals surface area (Å²) in [6.45, 7) is 3.45. The molecule has 1 aliphatic heterocycles. The molecule has 1 aromatic rings. The van der Waals surface area contributed by atoms with Crippen molar-refractivity contribution >= 4 is 5.96 Å². The lowest BCUT2D eigenvalue weighted by atomic mass is 10.2. The van der Waals surface area contributed by atoms with Crippen LogP contribution in [0.4, 0.5) is 0 Å². The van der Waals surface area contributed by atoms with E-state index >= 15 is 0 Å². The van der Waals surface area contributed by atoms with Gasteiger partial charge < -0.3 is 20.5 Å². The number of hydrogen-bond donors (Lipinski definition) is 2. The van der Waals surface area contributed by atoms with E-state index in [0.29, 0.717) is 25.7 Å². The van der Waals surface area contributed by atoms with Crippen LogP contribution in [0.25, 0.3) is 0 Å². The second-order valence-electron chi connectivity index (χ2n) is 3.94. The Bertz CT molecular complexity index is 400. The molecule has 0 aromatic heterocycles. The number of aromatic hydroxyl groups is 1. The number of rotatable bonds is 2. The molecule has 0 bridgehead atoms. The molecule has 0 atom stereocenters. The Morgan fingerprint density at radius 3 is 2.88 bits per heavy atom. The predicted octanol–water partition coefficient (Wildman–Crippen LogP) is 0.539. The summed E-state index contributed by atoms with van der Waals surface area (Å²) in [6, 6.07) is 7.04. The zero-order chi connectivity index (χ0) is 12.1. The molecule has 2 rings (SSSR count). The Kier molecular flexibility index (Phi) is 3.82. The molecule has 1 saturated heterocycles. The van der Waals surface area contributed by atoms with Crippen LogP contribution in [-0.4, -0.2) is 42.3 Å². The van der Waals surface area contributed by atoms with Gasteiger partial charge in [0.2, 0.25) is 0 Å². The topological polar surface area (TPSA) is 71.1 Å². The van der Waals surface area contributed by atoms with Gasteiger partial charge in [0.1, 0.15) is 5.75 Å². The van der Waals surface area contributed by atoms with E-state index in [0.717, 1.165) is 18.7 Å². The lowest BCUT2D eigenvalue weighted by molar-refractivity contribution is 0.0674. The van der Waals surface area contributed by atoms with Crippen molar-refractivity contribution in [1.29, 1.82) is 0 Å². The van der Waals surface area contributed by atoms with Gasteiger partial charge >= 0.3 is 0 Å². The zero-order valence-electron chi connectivity index (χ0n) is 9.67. The maximum absolute atomic E-state index is 9.32. The summed E-state index contributed by atoms with van der Waals surface area (Å²) in [7, 11) is 0. The van der Waals surface area contributed by atoms with Crippen molar-refractivity contribution in [3.63, 3.8) is 0 Å². The molecule has 1 heterocycles. The lowest BCUT2D eigenvalue weighted by Crippen LogP contribution is -2.44. The monoisotopic (exact) mass is 235 g/mol. The number of phenols is 1. The molecule has 3 N–H and O–H groups in total. The molecule has 5 nitrogen and oxygen atoms in total. The second-order valence-corrected chi connectivity index (χ2v) is 3.94. The number of aliphatic imine (C=N–C) groups is 1. The quantitative estimate of drug-likeness (QED) is 0.579. The van der Waals surface area contributed by atoms with Gasteiger partial charge in [0.25, 0.3) is 0 Å². The minimum absolute atomic E-state index is 0.252. The Hall–Kier alpha value is -1.75. The van der Waals surface area contributed by atoms with E-state index in [2.05, 4.69) is 4.99 Å². The molecule has 0 amide bonds. The zero-order valence-corrected chi connectivity index (χ0v) is 9.67. The van der Waals surface area contributed by atoms with E-state index in [1.165, 1.54) is 0 Å². The molecule has 0 spiro atoms. The molecule has 1 fully saturated rings. The first kappa shape index (κ1) is 11.7. The van der Waals surface area contributed by atoms with Crippen LogP contribution < -0.4 is 5.73 Å². The third-order valence-corrected chi connectivity index (χ3v) is 2.67. The number of benzene rings is 1. The van der Waals surface area contributed by atoms with Crippen molar-refractivity contribution in [3.05, 3.63) is 29.8 Å². The summed E-state index contributed by atoms with van der Waals surface area (Å²) in [4.78, 5) is 6.32. The van der Waals surface area contributed by atoms with Crippen molar-refractivity contribution < 1.29 is 9.84 Å². The molecule has 1 aliphatic rings. The highest BCUT2D eigenvalue weighted by molar-refractivity contribution is 5.78. The second kappa shape index (κ2) is 5.54. The highest BCUT2D eigenvalue weighted by Gasteiger charge is 2.11. The van der Waals surface area contributed by atoms with Crippen molar-refractivity contribution in [1.82, 2.24) is 4.90 Å². The van der Waals surface area contributed by atoms with Gasteiger partial charge in [0, 0.05) is 13.1 Å². The average Bonchev–Trinajstić information content (AvgIpc) is 2.37. The third kappa shape index (κ3) is 3.35. The first-order valence-electron chi connectivity index (χ1n) is 5.66. The highest BCUT2D eigenvalue weighted by Crippen LogP contribution is 2.11. The average molecular weight is 235 g/mol. The van der Waals surface area contributed by atoms with Crippen molar-refractivity contribution in [2.24, 2.45) is 10.7 Å². The van der Waals surface area contributed by atoms with Gasteiger partial charge in [-0.3, -0.25) is 0 Å². The molecule has 0 unspecified atom stereocenters. The Balaban J connectivity index is 1.95. The van der Waals surface area contributed by atoms with Crippen LogP contribution in [0.3, 0.4) is 0 Å². The van der Waals surface area contributed by atoms with E-state index < -0.39 is 0 Å². The van der Waals surface area contributed by atoms with E-state index in [1.54, 1.807) is 18.2 Å². The van der Waals surface area contributed by atoms with Crippen LogP contribution in [0.5, 0.6) is 5.75 Å². The third-order valence-electron chi connectivity index (χ3n) is 2.67. The Morgan fingerprint density at radius 2 is 2.18 bits per heavy atom. The van der Waals surface area contributed by atoms with Crippen molar-refractivity contribution in [2.75, 3.05) is 26.3 Å². The number of phenolic OH excluding ortho intramolecular Hbond substituents is 1.